The zero-order chi connectivity index (χ0) is 28.1. The quantitative estimate of drug-likeness (QED) is 0.132. The van der Waals surface area contributed by atoms with Crippen molar-refractivity contribution in [2.45, 2.75) is 19.3 Å². The van der Waals surface area contributed by atoms with Gasteiger partial charge < -0.3 is 4.90 Å². The van der Waals surface area contributed by atoms with Gasteiger partial charge in [-0.25, -0.2) is 9.52 Å². The lowest BCUT2D eigenvalue weighted by Gasteiger charge is -2.35. The van der Waals surface area contributed by atoms with Crippen LogP contribution in [0.2, 0.25) is 0 Å². The Morgan fingerprint density at radius 1 is 0.925 bits per heavy atom. The van der Waals surface area contributed by atoms with E-state index in [1.54, 1.807) is 6.07 Å². The van der Waals surface area contributed by atoms with Crippen LogP contribution < -0.4 is 15.0 Å². The van der Waals surface area contributed by atoms with E-state index >= 15 is 0 Å². The number of hydrogen-bond donors (Lipinski definition) is 0. The van der Waals surface area contributed by atoms with Gasteiger partial charge >= 0.3 is 0 Å². The van der Waals surface area contributed by atoms with E-state index in [2.05, 4.69) is 82.9 Å². The zero-order valence-corrected chi connectivity index (χ0v) is 24.8. The minimum atomic E-state index is -2.85. The molecular formula is C31H27BrN5O2P. The standard InChI is InChI=1S/C31H27BrN5O2P/c1-31(2)25-16-10-11-17-28(25)35(3)30(31)29-21-33-36(22-12-6-4-7-13-22)40(29,24-14-8-5-9-15-24)34-27-19-18-23(37(38)39)20-26(27)32/h4-21H,1-3H3. The molecule has 6 rings (SSSR count). The first-order chi connectivity index (χ1) is 19.2. The molecule has 7 nitrogen and oxygen atoms in total. The Bertz CT molecular complexity index is 1750. The summed E-state index contributed by atoms with van der Waals surface area (Å²) in [4.78, 5) is 13.4. The molecule has 0 fully saturated rings. The van der Waals surface area contributed by atoms with Gasteiger partial charge in [-0.1, -0.05) is 80.6 Å². The lowest BCUT2D eigenvalue weighted by atomic mass is 9.84. The van der Waals surface area contributed by atoms with Gasteiger partial charge in [-0.2, -0.15) is 5.10 Å². The van der Waals surface area contributed by atoms with E-state index in [4.69, 9.17) is 9.85 Å². The number of nitro benzene ring substituents is 1. The largest absolute Gasteiger partial charge is 0.346 e. The van der Waals surface area contributed by atoms with E-state index in [-0.39, 0.29) is 11.1 Å². The number of hydrazone groups is 1. The Balaban J connectivity index is 1.74. The van der Waals surface area contributed by atoms with Gasteiger partial charge in [0.15, 0.2) is 0 Å². The van der Waals surface area contributed by atoms with Crippen molar-refractivity contribution in [2.24, 2.45) is 9.85 Å². The number of nitro groups is 1. The first-order valence-electron chi connectivity index (χ1n) is 12.9. The molecule has 4 aromatic carbocycles. The number of hydrogen-bond acceptors (Lipinski definition) is 5. The van der Waals surface area contributed by atoms with E-state index in [1.165, 1.54) is 17.7 Å². The van der Waals surface area contributed by atoms with Crippen LogP contribution in [-0.2, 0) is 5.41 Å². The lowest BCUT2D eigenvalue weighted by molar-refractivity contribution is -0.384. The summed E-state index contributed by atoms with van der Waals surface area (Å²) >= 11 is 3.59. The fourth-order valence-electron chi connectivity index (χ4n) is 5.71. The van der Waals surface area contributed by atoms with Gasteiger partial charge in [0.25, 0.3) is 5.69 Å². The highest BCUT2D eigenvalue weighted by molar-refractivity contribution is 9.10. The topological polar surface area (TPSA) is 74.3 Å². The molecule has 0 aromatic heterocycles. The minimum absolute atomic E-state index is 0.00574. The number of non-ortho nitro benzene ring substituents is 1. The number of para-hydroxylation sites is 2. The molecule has 4 aromatic rings. The maximum absolute atomic E-state index is 11.5. The SMILES string of the molecule is CN1C(=C2C=NN(c3ccccc3)P2(=Nc2ccc([N+](=O)[O-])cc2Br)c2ccccc2)C(C)(C)c2ccccc21. The van der Waals surface area contributed by atoms with E-state index < -0.39 is 12.1 Å². The third kappa shape index (κ3) is 4.02. The molecule has 200 valence electrons. The molecule has 1 unspecified atom stereocenters. The van der Waals surface area contributed by atoms with Crippen LogP contribution in [0.1, 0.15) is 19.4 Å². The zero-order valence-electron chi connectivity index (χ0n) is 22.3. The van der Waals surface area contributed by atoms with Crippen LogP contribution in [0.25, 0.3) is 0 Å². The molecule has 0 bridgehead atoms. The Morgan fingerprint density at radius 3 is 2.23 bits per heavy atom. The maximum Gasteiger partial charge on any atom is 0.270 e. The average Bonchev–Trinajstić information content (AvgIpc) is 3.42. The summed E-state index contributed by atoms with van der Waals surface area (Å²) in [5.74, 6) is 0. The number of anilines is 2. The van der Waals surface area contributed by atoms with Gasteiger partial charge in [0, 0.05) is 45.8 Å². The van der Waals surface area contributed by atoms with Crippen molar-refractivity contribution in [3.8, 4) is 0 Å². The molecule has 0 amide bonds. The van der Waals surface area contributed by atoms with Crippen molar-refractivity contribution in [2.75, 3.05) is 16.7 Å². The molecule has 0 spiro atoms. The highest BCUT2D eigenvalue weighted by Gasteiger charge is 2.47. The number of likely N-dealkylation sites (N-methyl/N-ethyl adjacent to an activating group) is 1. The van der Waals surface area contributed by atoms with Gasteiger partial charge in [0.1, 0.15) is 7.21 Å². The molecule has 1 atom stereocenters. The predicted molar refractivity (Wildman–Crippen MR) is 168 cm³/mol. The summed E-state index contributed by atoms with van der Waals surface area (Å²) < 4.78 is 8.18. The van der Waals surface area contributed by atoms with Crippen molar-refractivity contribution >= 4 is 57.4 Å². The van der Waals surface area contributed by atoms with Crippen LogP contribution in [0.5, 0.6) is 0 Å². The third-order valence-electron chi connectivity index (χ3n) is 7.51. The fourth-order valence-corrected chi connectivity index (χ4v) is 9.99. The van der Waals surface area contributed by atoms with Crippen molar-refractivity contribution in [1.82, 2.24) is 0 Å². The van der Waals surface area contributed by atoms with Crippen molar-refractivity contribution in [3.05, 3.63) is 134 Å². The van der Waals surface area contributed by atoms with Gasteiger partial charge in [0.2, 0.25) is 0 Å². The normalized spacial score (nSPS) is 21.0. The molecular weight excluding hydrogens is 585 g/mol. The minimum Gasteiger partial charge on any atom is -0.346 e. The highest BCUT2D eigenvalue weighted by atomic mass is 79.9. The van der Waals surface area contributed by atoms with Crippen LogP contribution in [-0.4, -0.2) is 18.2 Å². The fraction of sp³-hybridized carbons (Fsp3) is 0.129. The molecule has 2 heterocycles. The smallest absolute Gasteiger partial charge is 0.270 e. The van der Waals surface area contributed by atoms with Gasteiger partial charge in [-0.15, -0.1) is 0 Å². The van der Waals surface area contributed by atoms with E-state index in [0.29, 0.717) is 10.2 Å². The third-order valence-corrected chi connectivity index (χ3v) is 11.5. The van der Waals surface area contributed by atoms with Crippen molar-refractivity contribution < 1.29 is 4.92 Å². The van der Waals surface area contributed by atoms with Crippen LogP contribution in [0.3, 0.4) is 0 Å². The van der Waals surface area contributed by atoms with Gasteiger partial charge in [0.05, 0.1) is 27.8 Å². The Hall–Kier alpha value is -4.00. The summed E-state index contributed by atoms with van der Waals surface area (Å²) in [6, 6.07) is 33.6. The Morgan fingerprint density at radius 2 is 1.57 bits per heavy atom. The van der Waals surface area contributed by atoms with Crippen LogP contribution in [0.15, 0.2) is 128 Å². The first kappa shape index (κ1) is 26.2. The summed E-state index contributed by atoms with van der Waals surface area (Å²) in [6.07, 6.45) is 1.97. The molecule has 0 aliphatic carbocycles. The monoisotopic (exact) mass is 611 g/mol. The second kappa shape index (κ2) is 9.88. The molecule has 40 heavy (non-hydrogen) atoms. The average molecular weight is 612 g/mol. The summed E-state index contributed by atoms with van der Waals surface area (Å²) in [7, 11) is -0.742. The van der Waals surface area contributed by atoms with Crippen LogP contribution >= 0.6 is 23.1 Å². The molecule has 2 aliphatic rings. The van der Waals surface area contributed by atoms with Crippen LogP contribution in [0.4, 0.5) is 22.7 Å². The number of fused-ring (bicyclic) bond motifs is 1. The lowest BCUT2D eigenvalue weighted by Crippen LogP contribution is -2.27. The number of nitrogens with zero attached hydrogens (tertiary/aromatic N) is 5. The highest BCUT2D eigenvalue weighted by Crippen LogP contribution is 2.68. The second-order valence-electron chi connectivity index (χ2n) is 10.2. The van der Waals surface area contributed by atoms with E-state index in [0.717, 1.165) is 27.7 Å². The van der Waals surface area contributed by atoms with Gasteiger partial charge in [-0.3, -0.25) is 10.1 Å². The number of rotatable bonds is 4. The number of allylic oxidation sites excluding steroid dienone is 2. The Labute approximate surface area is 241 Å². The summed E-state index contributed by atoms with van der Waals surface area (Å²) in [6.45, 7) is 4.50. The number of benzene rings is 4. The van der Waals surface area contributed by atoms with Crippen molar-refractivity contribution in [1.29, 1.82) is 0 Å². The Kier molecular flexibility index (Phi) is 6.48. The molecule has 0 radical (unpaired) electrons. The predicted octanol–water partition coefficient (Wildman–Crippen LogP) is 8.58. The second-order valence-corrected chi connectivity index (χ2v) is 13.9. The molecule has 9 heteroatoms. The molecule has 0 saturated heterocycles. The summed E-state index contributed by atoms with van der Waals surface area (Å²) in [5.41, 5.74) is 4.77. The van der Waals surface area contributed by atoms with Gasteiger partial charge in [-0.05, 0) is 45.8 Å². The maximum atomic E-state index is 11.5. The van der Waals surface area contributed by atoms with E-state index in [9.17, 15) is 10.1 Å². The number of halogens is 1. The van der Waals surface area contributed by atoms with Crippen molar-refractivity contribution in [3.63, 3.8) is 0 Å². The molecule has 0 N–H and O–H groups in total. The molecule has 0 saturated carbocycles. The first-order valence-corrected chi connectivity index (χ1v) is 15.3. The molecule has 2 aliphatic heterocycles. The summed E-state index contributed by atoms with van der Waals surface area (Å²) in [5, 5.41) is 18.6. The van der Waals surface area contributed by atoms with Crippen LogP contribution in [0, 0.1) is 10.1 Å². The van der Waals surface area contributed by atoms with E-state index in [1.807, 2.05) is 54.7 Å².